The predicted octanol–water partition coefficient (Wildman–Crippen LogP) is -0.289. The molecule has 2 N–H and O–H groups in total. The lowest BCUT2D eigenvalue weighted by Gasteiger charge is -2.45. The summed E-state index contributed by atoms with van der Waals surface area (Å²) >= 11 is 0. The van der Waals surface area contributed by atoms with Gasteiger partial charge in [0, 0.05) is 34.9 Å². The number of ether oxygens (including phenoxy) is 5. The summed E-state index contributed by atoms with van der Waals surface area (Å²) in [7, 11) is 6.38. The monoisotopic (exact) mass is 291 g/mol. The minimum atomic E-state index is -0.366. The molecule has 0 radical (unpaired) electrons. The first-order valence-corrected chi connectivity index (χ1v) is 6.60. The molecule has 1 aliphatic heterocycles. The Morgan fingerprint density at radius 3 is 2.00 bits per heavy atom. The van der Waals surface area contributed by atoms with Gasteiger partial charge >= 0.3 is 0 Å². The van der Waals surface area contributed by atoms with Crippen molar-refractivity contribution in [3.63, 3.8) is 0 Å². The van der Waals surface area contributed by atoms with Gasteiger partial charge in [0.25, 0.3) is 0 Å². The molecule has 1 rings (SSSR count). The third-order valence-electron chi connectivity index (χ3n) is 3.55. The summed E-state index contributed by atoms with van der Waals surface area (Å²) in [5, 5.41) is 0. The van der Waals surface area contributed by atoms with Gasteiger partial charge in [0.15, 0.2) is 0 Å². The van der Waals surface area contributed by atoms with Crippen molar-refractivity contribution in [1.82, 2.24) is 0 Å². The van der Waals surface area contributed by atoms with Crippen molar-refractivity contribution >= 4 is 5.91 Å². The maximum absolute atomic E-state index is 11.0. The Bertz CT molecular complexity index is 301. The summed E-state index contributed by atoms with van der Waals surface area (Å²) in [5.74, 6) is -0.366. The quantitative estimate of drug-likeness (QED) is 0.661. The van der Waals surface area contributed by atoms with Crippen LogP contribution in [0.5, 0.6) is 0 Å². The second-order valence-corrected chi connectivity index (χ2v) is 4.77. The lowest BCUT2D eigenvalue weighted by molar-refractivity contribution is -0.250. The van der Waals surface area contributed by atoms with Crippen molar-refractivity contribution in [2.45, 2.75) is 43.4 Å². The van der Waals surface area contributed by atoms with Gasteiger partial charge < -0.3 is 29.4 Å². The maximum atomic E-state index is 11.0. The molecular formula is C13H25NO6. The zero-order valence-electron chi connectivity index (χ0n) is 12.5. The van der Waals surface area contributed by atoms with E-state index in [0.29, 0.717) is 13.0 Å². The maximum Gasteiger partial charge on any atom is 0.217 e. The van der Waals surface area contributed by atoms with Gasteiger partial charge in [-0.05, 0) is 6.42 Å². The van der Waals surface area contributed by atoms with Crippen LogP contribution < -0.4 is 5.73 Å². The van der Waals surface area contributed by atoms with E-state index in [-0.39, 0.29) is 42.8 Å². The van der Waals surface area contributed by atoms with E-state index in [1.165, 1.54) is 0 Å². The topological polar surface area (TPSA) is 89.2 Å². The Balaban J connectivity index is 2.84. The zero-order valence-corrected chi connectivity index (χ0v) is 12.5. The van der Waals surface area contributed by atoms with E-state index < -0.39 is 0 Å². The molecule has 1 heterocycles. The first-order chi connectivity index (χ1) is 9.58. The highest BCUT2D eigenvalue weighted by Gasteiger charge is 2.46. The van der Waals surface area contributed by atoms with Crippen molar-refractivity contribution in [2.75, 3.05) is 35.0 Å². The number of methoxy groups -OCH3 is 4. The molecule has 0 bridgehead atoms. The largest absolute Gasteiger partial charge is 0.382 e. The average Bonchev–Trinajstić information content (AvgIpc) is 2.44. The fraction of sp³-hybridized carbons (Fsp3) is 0.923. The Kier molecular flexibility index (Phi) is 7.39. The predicted molar refractivity (Wildman–Crippen MR) is 71.4 cm³/mol. The second kappa shape index (κ2) is 8.53. The number of hydrogen-bond acceptors (Lipinski definition) is 6. The summed E-state index contributed by atoms with van der Waals surface area (Å²) in [4.78, 5) is 11.0. The molecular weight excluding hydrogens is 266 g/mol. The first-order valence-electron chi connectivity index (χ1n) is 6.60. The molecule has 7 nitrogen and oxygen atoms in total. The number of carbonyl (C=O) groups excluding carboxylic acids is 1. The van der Waals surface area contributed by atoms with Crippen molar-refractivity contribution in [2.24, 2.45) is 5.73 Å². The Labute approximate surface area is 119 Å². The molecule has 0 spiro atoms. The van der Waals surface area contributed by atoms with Crippen molar-refractivity contribution < 1.29 is 28.5 Å². The highest BCUT2D eigenvalue weighted by molar-refractivity contribution is 5.73. The van der Waals surface area contributed by atoms with Crippen LogP contribution >= 0.6 is 0 Å². The highest BCUT2D eigenvalue weighted by atomic mass is 16.6. The van der Waals surface area contributed by atoms with Crippen molar-refractivity contribution in [3.8, 4) is 0 Å². The van der Waals surface area contributed by atoms with Gasteiger partial charge in [0.2, 0.25) is 5.91 Å². The molecule has 1 fully saturated rings. The molecule has 0 aliphatic carbocycles. The van der Waals surface area contributed by atoms with Crippen LogP contribution in [0, 0.1) is 0 Å². The Morgan fingerprint density at radius 1 is 1.00 bits per heavy atom. The van der Waals surface area contributed by atoms with Crippen molar-refractivity contribution in [3.05, 3.63) is 0 Å². The molecule has 0 aromatic rings. The molecule has 1 amide bonds. The first kappa shape index (κ1) is 17.3. The Hall–Kier alpha value is -0.730. The van der Waals surface area contributed by atoms with Gasteiger partial charge in [-0.2, -0.15) is 0 Å². The SMILES string of the molecule is COC[C@H]1O[C@H](CCC(N)=O)[C@H](OC)[C@@H](OC)[C@@H]1OC. The standard InChI is InChI=1S/C13H25NO6/c1-16-7-9-12(18-3)13(19-4)11(17-2)8(20-9)5-6-10(14)15/h8-9,11-13H,5-7H2,1-4H3,(H2,14,15)/t8-,9-,11+,12-,13-/m1/s1. The molecule has 5 atom stereocenters. The van der Waals surface area contributed by atoms with Crippen LogP contribution in [0.1, 0.15) is 12.8 Å². The summed E-state index contributed by atoms with van der Waals surface area (Å²) in [6, 6.07) is 0. The van der Waals surface area contributed by atoms with E-state index in [2.05, 4.69) is 0 Å². The van der Waals surface area contributed by atoms with E-state index in [1.54, 1.807) is 28.4 Å². The van der Waals surface area contributed by atoms with Gasteiger partial charge in [-0.3, -0.25) is 4.79 Å². The molecule has 20 heavy (non-hydrogen) atoms. The van der Waals surface area contributed by atoms with Gasteiger partial charge in [0.1, 0.15) is 24.4 Å². The fourth-order valence-corrected chi connectivity index (χ4v) is 2.64. The van der Waals surface area contributed by atoms with E-state index in [9.17, 15) is 4.79 Å². The van der Waals surface area contributed by atoms with Crippen LogP contribution in [0.3, 0.4) is 0 Å². The summed E-state index contributed by atoms with van der Waals surface area (Å²) in [6.45, 7) is 0.377. The average molecular weight is 291 g/mol. The van der Waals surface area contributed by atoms with E-state index >= 15 is 0 Å². The highest BCUT2D eigenvalue weighted by Crippen LogP contribution is 2.29. The molecule has 118 valence electrons. The van der Waals surface area contributed by atoms with Crippen LogP contribution in [-0.2, 0) is 28.5 Å². The Morgan fingerprint density at radius 2 is 1.55 bits per heavy atom. The normalized spacial score (nSPS) is 34.1. The number of nitrogens with two attached hydrogens (primary N) is 1. The van der Waals surface area contributed by atoms with Gasteiger partial charge in [-0.15, -0.1) is 0 Å². The summed E-state index contributed by atoms with van der Waals surface area (Å²) < 4.78 is 27.6. The van der Waals surface area contributed by atoms with Crippen LogP contribution in [-0.4, -0.2) is 71.5 Å². The van der Waals surface area contributed by atoms with E-state index in [4.69, 9.17) is 29.4 Å². The summed E-state index contributed by atoms with van der Waals surface area (Å²) in [6.07, 6.45) is -0.769. The molecule has 0 unspecified atom stereocenters. The minimum Gasteiger partial charge on any atom is -0.382 e. The van der Waals surface area contributed by atoms with Crippen LogP contribution in [0.15, 0.2) is 0 Å². The zero-order chi connectivity index (χ0) is 15.1. The second-order valence-electron chi connectivity index (χ2n) is 4.77. The third kappa shape index (κ3) is 4.13. The lowest BCUT2D eigenvalue weighted by atomic mass is 9.92. The van der Waals surface area contributed by atoms with E-state index in [1.807, 2.05) is 0 Å². The number of carbonyl (C=O) groups is 1. The number of amides is 1. The van der Waals surface area contributed by atoms with Crippen molar-refractivity contribution in [1.29, 1.82) is 0 Å². The molecule has 1 saturated heterocycles. The molecule has 1 aliphatic rings. The summed E-state index contributed by atoms with van der Waals surface area (Å²) in [5.41, 5.74) is 5.19. The smallest absolute Gasteiger partial charge is 0.217 e. The van der Waals surface area contributed by atoms with Gasteiger partial charge in [0.05, 0.1) is 12.7 Å². The number of hydrogen-bond donors (Lipinski definition) is 1. The lowest BCUT2D eigenvalue weighted by Crippen LogP contribution is -2.60. The number of rotatable bonds is 8. The van der Waals surface area contributed by atoms with Crippen LogP contribution in [0.2, 0.25) is 0 Å². The van der Waals surface area contributed by atoms with Crippen LogP contribution in [0.4, 0.5) is 0 Å². The molecule has 0 saturated carbocycles. The van der Waals surface area contributed by atoms with Gasteiger partial charge in [-0.1, -0.05) is 0 Å². The van der Waals surface area contributed by atoms with Gasteiger partial charge in [-0.25, -0.2) is 0 Å². The minimum absolute atomic E-state index is 0.234. The van der Waals surface area contributed by atoms with E-state index in [0.717, 1.165) is 0 Å². The molecule has 0 aromatic carbocycles. The molecule has 0 aromatic heterocycles. The third-order valence-corrected chi connectivity index (χ3v) is 3.55. The fourth-order valence-electron chi connectivity index (χ4n) is 2.64. The number of primary amides is 1. The van der Waals surface area contributed by atoms with Crippen LogP contribution in [0.25, 0.3) is 0 Å². The molecule has 7 heteroatoms.